The molecule has 10 heteroatoms. The number of aromatic nitrogens is 1. The van der Waals surface area contributed by atoms with Crippen molar-refractivity contribution in [1.29, 1.82) is 5.26 Å². The number of hydrogen-bond acceptors (Lipinski definition) is 7. The van der Waals surface area contributed by atoms with Gasteiger partial charge in [-0.25, -0.2) is 4.98 Å². The summed E-state index contributed by atoms with van der Waals surface area (Å²) in [6, 6.07) is 2.68. The van der Waals surface area contributed by atoms with Crippen LogP contribution >= 0.6 is 0 Å². The second kappa shape index (κ2) is 9.15. The molecule has 0 bridgehead atoms. The van der Waals surface area contributed by atoms with Gasteiger partial charge in [0.2, 0.25) is 0 Å². The highest BCUT2D eigenvalue weighted by molar-refractivity contribution is 5.64. The number of piperazine rings is 1. The van der Waals surface area contributed by atoms with Gasteiger partial charge in [-0.2, -0.15) is 18.4 Å². The minimum absolute atomic E-state index is 0.0401. The summed E-state index contributed by atoms with van der Waals surface area (Å²) in [5.74, 6) is 0.214. The van der Waals surface area contributed by atoms with Gasteiger partial charge >= 0.3 is 6.18 Å². The number of alkyl halides is 3. The normalized spacial score (nSPS) is 21.3. The molecule has 0 aromatic carbocycles. The first-order valence-corrected chi connectivity index (χ1v) is 9.83. The van der Waals surface area contributed by atoms with Gasteiger partial charge in [-0.15, -0.1) is 0 Å². The van der Waals surface area contributed by atoms with Crippen LogP contribution in [-0.2, 0) is 6.18 Å². The van der Waals surface area contributed by atoms with Crippen LogP contribution in [0, 0.1) is 17.2 Å². The van der Waals surface area contributed by atoms with Crippen LogP contribution in [0.5, 0.6) is 0 Å². The zero-order chi connectivity index (χ0) is 21.0. The first kappa shape index (κ1) is 21.6. The Labute approximate surface area is 168 Å². The Hall–Kier alpha value is -2.09. The van der Waals surface area contributed by atoms with E-state index in [1.165, 1.54) is 0 Å². The fourth-order valence-corrected chi connectivity index (χ4v) is 3.99. The number of pyridine rings is 1. The maximum Gasteiger partial charge on any atom is 0.417 e. The molecule has 0 amide bonds. The van der Waals surface area contributed by atoms with Gasteiger partial charge in [0.05, 0.1) is 12.2 Å². The van der Waals surface area contributed by atoms with Crippen molar-refractivity contribution in [3.8, 4) is 6.07 Å². The number of anilines is 2. The zero-order valence-corrected chi connectivity index (χ0v) is 16.2. The summed E-state index contributed by atoms with van der Waals surface area (Å²) in [6.07, 6.45) is -3.14. The third-order valence-electron chi connectivity index (χ3n) is 5.59. The maximum absolute atomic E-state index is 13.7. The monoisotopic (exact) mass is 413 g/mol. The molecule has 2 N–H and O–H groups in total. The van der Waals surface area contributed by atoms with E-state index in [2.05, 4.69) is 4.98 Å². The molecule has 1 aromatic heterocycles. The number of aliphatic hydroxyl groups excluding tert-OH is 2. The van der Waals surface area contributed by atoms with Crippen molar-refractivity contribution in [2.75, 3.05) is 68.8 Å². The molecule has 3 heterocycles. The predicted octanol–water partition coefficient (Wildman–Crippen LogP) is 1.30. The minimum Gasteiger partial charge on any atom is -0.396 e. The molecule has 3 rings (SSSR count). The number of rotatable bonds is 5. The van der Waals surface area contributed by atoms with Gasteiger partial charge in [0, 0.05) is 52.4 Å². The maximum atomic E-state index is 13.7. The third-order valence-corrected chi connectivity index (χ3v) is 5.59. The summed E-state index contributed by atoms with van der Waals surface area (Å²) >= 11 is 0. The highest BCUT2D eigenvalue weighted by Gasteiger charge is 2.38. The molecule has 1 atom stereocenters. The fraction of sp³-hybridized carbons (Fsp3) is 0.684. The van der Waals surface area contributed by atoms with Crippen molar-refractivity contribution in [2.45, 2.75) is 19.0 Å². The van der Waals surface area contributed by atoms with E-state index in [1.54, 1.807) is 15.9 Å². The van der Waals surface area contributed by atoms with Crippen LogP contribution in [0.25, 0.3) is 0 Å². The molecule has 2 aliphatic rings. The lowest BCUT2D eigenvalue weighted by Crippen LogP contribution is -2.47. The molecule has 1 aromatic rings. The number of nitrogens with zero attached hydrogens (tertiary/aromatic N) is 5. The second-order valence-corrected chi connectivity index (χ2v) is 7.53. The molecule has 29 heavy (non-hydrogen) atoms. The van der Waals surface area contributed by atoms with Crippen LogP contribution in [0.2, 0.25) is 0 Å². The Morgan fingerprint density at radius 3 is 2.45 bits per heavy atom. The Balaban J connectivity index is 1.96. The summed E-state index contributed by atoms with van der Waals surface area (Å²) in [5, 5.41) is 28.0. The lowest BCUT2D eigenvalue weighted by Gasteiger charge is -2.37. The molecule has 0 saturated carbocycles. The smallest absolute Gasteiger partial charge is 0.396 e. The van der Waals surface area contributed by atoms with Crippen molar-refractivity contribution in [1.82, 2.24) is 9.88 Å². The summed E-state index contributed by atoms with van der Waals surface area (Å²) < 4.78 is 41.2. The van der Waals surface area contributed by atoms with Gasteiger partial charge in [-0.1, -0.05) is 0 Å². The van der Waals surface area contributed by atoms with Crippen LogP contribution < -0.4 is 9.80 Å². The predicted molar refractivity (Wildman–Crippen MR) is 102 cm³/mol. The Bertz CT molecular complexity index is 745. The molecule has 160 valence electrons. The average molecular weight is 413 g/mol. The molecule has 0 radical (unpaired) electrons. The zero-order valence-electron chi connectivity index (χ0n) is 16.2. The standard InChI is InChI=1S/C19H26F3N5O2/c20-19(21,22)16-10-17(26-6-4-25(5-7-26)8-9-28)24-18(15(16)11-23)27-3-1-2-14(12-27)13-29/h10,14,28-29H,1-9,12-13H2. The molecule has 1 unspecified atom stereocenters. The van der Waals surface area contributed by atoms with Crippen LogP contribution in [0.1, 0.15) is 24.0 Å². The van der Waals surface area contributed by atoms with Gasteiger partial charge in [0.1, 0.15) is 23.3 Å². The first-order valence-electron chi connectivity index (χ1n) is 9.83. The highest BCUT2D eigenvalue weighted by atomic mass is 19.4. The lowest BCUT2D eigenvalue weighted by atomic mass is 9.98. The van der Waals surface area contributed by atoms with Gasteiger partial charge < -0.3 is 20.0 Å². The Morgan fingerprint density at radius 2 is 1.86 bits per heavy atom. The van der Waals surface area contributed by atoms with Gasteiger partial charge in [-0.3, -0.25) is 4.90 Å². The van der Waals surface area contributed by atoms with E-state index in [1.807, 2.05) is 4.90 Å². The minimum atomic E-state index is -4.66. The Morgan fingerprint density at radius 1 is 1.14 bits per heavy atom. The molecule has 2 fully saturated rings. The van der Waals surface area contributed by atoms with Gasteiger partial charge in [-0.05, 0) is 24.8 Å². The lowest BCUT2D eigenvalue weighted by molar-refractivity contribution is -0.137. The summed E-state index contributed by atoms with van der Waals surface area (Å²) in [6.45, 7) is 3.64. The van der Waals surface area contributed by atoms with Crippen LogP contribution in [0.3, 0.4) is 0 Å². The highest BCUT2D eigenvalue weighted by Crippen LogP contribution is 2.38. The molecule has 2 aliphatic heterocycles. The molecule has 7 nitrogen and oxygen atoms in total. The van der Waals surface area contributed by atoms with E-state index in [9.17, 15) is 23.5 Å². The molecular weight excluding hydrogens is 387 g/mol. The number of nitriles is 1. The molecule has 0 spiro atoms. The SMILES string of the molecule is N#Cc1c(C(F)(F)F)cc(N2CCN(CCO)CC2)nc1N1CCCC(CO)C1. The average Bonchev–Trinajstić information content (AvgIpc) is 2.73. The number of β-amino-alcohol motifs (C(OH)–C–C–N with tert-alkyl or cyclic N) is 1. The van der Waals surface area contributed by atoms with Crippen LogP contribution in [-0.4, -0.2) is 79.1 Å². The molecular formula is C19H26F3N5O2. The van der Waals surface area contributed by atoms with Crippen LogP contribution in [0.4, 0.5) is 24.8 Å². The van der Waals surface area contributed by atoms with E-state index in [-0.39, 0.29) is 30.8 Å². The summed E-state index contributed by atoms with van der Waals surface area (Å²) in [4.78, 5) is 10.0. The van der Waals surface area contributed by atoms with Crippen molar-refractivity contribution in [2.24, 2.45) is 5.92 Å². The number of aliphatic hydroxyl groups is 2. The van der Waals surface area contributed by atoms with Gasteiger partial charge in [0.25, 0.3) is 0 Å². The third kappa shape index (κ3) is 4.91. The summed E-state index contributed by atoms with van der Waals surface area (Å²) in [5.41, 5.74) is -1.43. The topological polar surface area (TPSA) is 86.9 Å². The van der Waals surface area contributed by atoms with Crippen molar-refractivity contribution >= 4 is 11.6 Å². The van der Waals surface area contributed by atoms with E-state index < -0.39 is 17.3 Å². The largest absolute Gasteiger partial charge is 0.417 e. The van der Waals surface area contributed by atoms with E-state index in [4.69, 9.17) is 5.11 Å². The van der Waals surface area contributed by atoms with E-state index >= 15 is 0 Å². The number of hydrogen-bond donors (Lipinski definition) is 2. The summed E-state index contributed by atoms with van der Waals surface area (Å²) in [7, 11) is 0. The first-order chi connectivity index (χ1) is 13.9. The second-order valence-electron chi connectivity index (χ2n) is 7.53. The molecule has 0 aliphatic carbocycles. The molecule has 2 saturated heterocycles. The van der Waals surface area contributed by atoms with Crippen molar-refractivity contribution < 1.29 is 23.4 Å². The van der Waals surface area contributed by atoms with Crippen LogP contribution in [0.15, 0.2) is 6.07 Å². The van der Waals surface area contributed by atoms with Crippen molar-refractivity contribution in [3.63, 3.8) is 0 Å². The fourth-order valence-electron chi connectivity index (χ4n) is 3.99. The van der Waals surface area contributed by atoms with E-state index in [0.29, 0.717) is 45.8 Å². The van der Waals surface area contributed by atoms with E-state index in [0.717, 1.165) is 18.9 Å². The van der Waals surface area contributed by atoms with Crippen molar-refractivity contribution in [3.05, 3.63) is 17.2 Å². The number of piperidine rings is 1. The van der Waals surface area contributed by atoms with Gasteiger partial charge in [0.15, 0.2) is 0 Å². The quantitative estimate of drug-likeness (QED) is 0.752. The number of halogens is 3. The Kier molecular flexibility index (Phi) is 6.82.